The van der Waals surface area contributed by atoms with Crippen LogP contribution in [0.5, 0.6) is 0 Å². The topological polar surface area (TPSA) is 46.2 Å². The lowest BCUT2D eigenvalue weighted by atomic mass is 9.84. The van der Waals surface area contributed by atoms with Crippen molar-refractivity contribution in [3.05, 3.63) is 93.6 Å². The van der Waals surface area contributed by atoms with Crippen molar-refractivity contribution in [2.24, 2.45) is 11.8 Å². The molecule has 0 fully saturated rings. The van der Waals surface area contributed by atoms with E-state index in [1.54, 1.807) is 0 Å². The Morgan fingerprint density at radius 3 is 2.45 bits per heavy atom. The Hall–Kier alpha value is -3.20. The summed E-state index contributed by atoms with van der Waals surface area (Å²) < 4.78 is 0. The standard InChI is InChI=1S/C39H53NO2/c1-10-14-16-31(15-11-2)27(7)17-18-30(13-4)32-22-34-33(26(6)12-3)21-29(9)38(34)35(23-32)39(42)40-24-36-28(8)19-25(5)20-37(36)41/h13,17-19,21-23,26,31,33H,7,10-12,14-16,20,24H2,1-6,8-9H3,(H,40,42)/b18-17-,30-13+/t26-,31?,33?/m0/s1. The van der Waals surface area contributed by atoms with E-state index in [4.69, 9.17) is 0 Å². The highest BCUT2D eigenvalue weighted by Crippen LogP contribution is 2.44. The molecule has 0 aromatic heterocycles. The third kappa shape index (κ3) is 7.79. The Bertz CT molecular complexity index is 1350. The van der Waals surface area contributed by atoms with Crippen LogP contribution in [0.1, 0.15) is 133 Å². The molecule has 3 heteroatoms. The largest absolute Gasteiger partial charge is 0.348 e. The number of unbranched alkanes of at least 4 members (excludes halogenated alkanes) is 1. The Balaban J connectivity index is 2.00. The Morgan fingerprint density at radius 1 is 1.10 bits per heavy atom. The van der Waals surface area contributed by atoms with Gasteiger partial charge < -0.3 is 5.32 Å². The molecule has 226 valence electrons. The third-order valence-electron chi connectivity index (χ3n) is 9.18. The molecule has 0 aliphatic heterocycles. The molecule has 3 nitrogen and oxygen atoms in total. The molecule has 1 aromatic rings. The van der Waals surface area contributed by atoms with Gasteiger partial charge >= 0.3 is 0 Å². The van der Waals surface area contributed by atoms with E-state index in [1.807, 2.05) is 19.9 Å². The van der Waals surface area contributed by atoms with Crippen molar-refractivity contribution >= 4 is 22.8 Å². The second-order valence-corrected chi connectivity index (χ2v) is 12.5. The highest BCUT2D eigenvalue weighted by molar-refractivity contribution is 6.04. The van der Waals surface area contributed by atoms with Crippen LogP contribution in [-0.2, 0) is 4.79 Å². The van der Waals surface area contributed by atoms with E-state index in [9.17, 15) is 9.59 Å². The van der Waals surface area contributed by atoms with E-state index >= 15 is 0 Å². The normalized spacial score (nSPS) is 18.6. The van der Waals surface area contributed by atoms with Gasteiger partial charge in [-0.1, -0.05) is 101 Å². The summed E-state index contributed by atoms with van der Waals surface area (Å²) in [6.07, 6.45) is 18.3. The van der Waals surface area contributed by atoms with Crippen molar-refractivity contribution in [1.29, 1.82) is 0 Å². The maximum absolute atomic E-state index is 13.9. The first-order chi connectivity index (χ1) is 20.1. The fraction of sp³-hybridized carbons (Fsp3) is 0.487. The number of carbonyl (C=O) groups is 2. The molecule has 0 heterocycles. The summed E-state index contributed by atoms with van der Waals surface area (Å²) in [4.78, 5) is 26.6. The minimum absolute atomic E-state index is 0.0987. The summed E-state index contributed by atoms with van der Waals surface area (Å²) in [5.41, 5.74) is 10.1. The lowest BCUT2D eigenvalue weighted by molar-refractivity contribution is -0.115. The van der Waals surface area contributed by atoms with Gasteiger partial charge in [0, 0.05) is 30.0 Å². The number of amides is 1. The van der Waals surface area contributed by atoms with Crippen LogP contribution in [0.15, 0.2) is 71.4 Å². The van der Waals surface area contributed by atoms with Crippen LogP contribution in [0.2, 0.25) is 0 Å². The molecule has 0 saturated heterocycles. The predicted octanol–water partition coefficient (Wildman–Crippen LogP) is 10.3. The Morgan fingerprint density at radius 2 is 1.83 bits per heavy atom. The van der Waals surface area contributed by atoms with Crippen LogP contribution in [0.3, 0.4) is 0 Å². The number of Topliss-reactive ketones (excluding diaryl/α,β-unsaturated/α-hetero) is 1. The first kappa shape index (κ1) is 33.3. The lowest BCUT2D eigenvalue weighted by Crippen LogP contribution is -2.30. The number of hydrogen-bond donors (Lipinski definition) is 1. The highest BCUT2D eigenvalue weighted by atomic mass is 16.2. The number of carbonyl (C=O) groups excluding carboxylic acids is 2. The van der Waals surface area contributed by atoms with E-state index in [0.29, 0.717) is 29.4 Å². The van der Waals surface area contributed by atoms with Gasteiger partial charge in [0.15, 0.2) is 5.78 Å². The number of hydrogen-bond acceptors (Lipinski definition) is 2. The van der Waals surface area contributed by atoms with Crippen LogP contribution in [-0.4, -0.2) is 18.2 Å². The average molecular weight is 568 g/mol. The summed E-state index contributed by atoms with van der Waals surface area (Å²) in [7, 11) is 0. The number of nitrogens with one attached hydrogen (secondary N) is 1. The predicted molar refractivity (Wildman–Crippen MR) is 181 cm³/mol. The Kier molecular flexibility index (Phi) is 12.2. The van der Waals surface area contributed by atoms with Gasteiger partial charge in [-0.3, -0.25) is 9.59 Å². The Labute approximate surface area is 255 Å². The van der Waals surface area contributed by atoms with Crippen LogP contribution < -0.4 is 5.32 Å². The minimum atomic E-state index is -0.128. The van der Waals surface area contributed by atoms with Gasteiger partial charge in [-0.15, -0.1) is 0 Å². The molecule has 0 radical (unpaired) electrons. The number of ketones is 1. The molecule has 1 N–H and O–H groups in total. The zero-order valence-corrected chi connectivity index (χ0v) is 27.5. The molecule has 2 aliphatic rings. The zero-order chi connectivity index (χ0) is 31.0. The van der Waals surface area contributed by atoms with Gasteiger partial charge in [-0.25, -0.2) is 0 Å². The van der Waals surface area contributed by atoms with Crippen molar-refractivity contribution in [2.75, 3.05) is 6.54 Å². The van der Waals surface area contributed by atoms with Crippen molar-refractivity contribution in [3.63, 3.8) is 0 Å². The van der Waals surface area contributed by atoms with Crippen LogP contribution in [0.4, 0.5) is 0 Å². The number of allylic oxidation sites excluding steroid dienone is 10. The van der Waals surface area contributed by atoms with Crippen LogP contribution in [0.25, 0.3) is 11.1 Å². The second-order valence-electron chi connectivity index (χ2n) is 12.5. The maximum Gasteiger partial charge on any atom is 0.252 e. The van der Waals surface area contributed by atoms with Crippen molar-refractivity contribution < 1.29 is 9.59 Å². The molecule has 2 unspecified atom stereocenters. The first-order valence-electron chi connectivity index (χ1n) is 16.1. The van der Waals surface area contributed by atoms with Crippen molar-refractivity contribution in [2.45, 2.75) is 106 Å². The molecular formula is C39H53NO2. The quantitative estimate of drug-likeness (QED) is 0.227. The van der Waals surface area contributed by atoms with E-state index in [0.717, 1.165) is 52.7 Å². The van der Waals surface area contributed by atoms with E-state index < -0.39 is 0 Å². The second kappa shape index (κ2) is 15.3. The molecule has 0 bridgehead atoms. The van der Waals surface area contributed by atoms with Gasteiger partial charge in [-0.05, 0) is 97.9 Å². The molecule has 0 saturated carbocycles. The fourth-order valence-electron chi connectivity index (χ4n) is 6.48. The van der Waals surface area contributed by atoms with E-state index in [2.05, 4.69) is 89.9 Å². The maximum atomic E-state index is 13.9. The molecule has 3 atom stereocenters. The van der Waals surface area contributed by atoms with E-state index in [-0.39, 0.29) is 24.2 Å². The molecule has 1 aromatic carbocycles. The molecule has 1 amide bonds. The molecular weight excluding hydrogens is 514 g/mol. The number of rotatable bonds is 14. The van der Waals surface area contributed by atoms with E-state index in [1.165, 1.54) is 30.4 Å². The summed E-state index contributed by atoms with van der Waals surface area (Å²) in [5, 5.41) is 3.11. The van der Waals surface area contributed by atoms with Crippen molar-refractivity contribution in [3.8, 4) is 0 Å². The molecule has 0 spiro atoms. The summed E-state index contributed by atoms with van der Waals surface area (Å²) in [5.74, 6) is 1.21. The SMILES string of the molecule is C=C(/C=C\C(=C/C)c1cc(C(=O)NCC2=C(C)C=C(C)CC2=O)c2c(c1)C([C@@H](C)CC)C=C2C)C(CCC)CCCC. The zero-order valence-electron chi connectivity index (χ0n) is 27.5. The lowest BCUT2D eigenvalue weighted by Gasteiger charge is -2.21. The van der Waals surface area contributed by atoms with Gasteiger partial charge in [0.05, 0.1) is 0 Å². The highest BCUT2D eigenvalue weighted by Gasteiger charge is 2.30. The van der Waals surface area contributed by atoms with Gasteiger partial charge in [0.1, 0.15) is 0 Å². The molecule has 42 heavy (non-hydrogen) atoms. The van der Waals surface area contributed by atoms with Gasteiger partial charge in [-0.2, -0.15) is 0 Å². The smallest absolute Gasteiger partial charge is 0.252 e. The fourth-order valence-corrected chi connectivity index (χ4v) is 6.48. The first-order valence-corrected chi connectivity index (χ1v) is 16.1. The van der Waals surface area contributed by atoms with Gasteiger partial charge in [0.2, 0.25) is 0 Å². The number of fused-ring (bicyclic) bond motifs is 1. The average Bonchev–Trinajstić information content (AvgIpc) is 3.30. The third-order valence-corrected chi connectivity index (χ3v) is 9.18. The summed E-state index contributed by atoms with van der Waals surface area (Å²) >= 11 is 0. The van der Waals surface area contributed by atoms with Gasteiger partial charge in [0.25, 0.3) is 5.91 Å². The molecule has 2 aliphatic carbocycles. The summed E-state index contributed by atoms with van der Waals surface area (Å²) in [6.45, 7) is 21.8. The van der Waals surface area contributed by atoms with Crippen LogP contribution >= 0.6 is 0 Å². The molecule has 3 rings (SSSR count). The van der Waals surface area contributed by atoms with Crippen LogP contribution in [0, 0.1) is 11.8 Å². The monoisotopic (exact) mass is 567 g/mol. The summed E-state index contributed by atoms with van der Waals surface area (Å²) in [6, 6.07) is 4.34. The minimum Gasteiger partial charge on any atom is -0.348 e. The number of benzene rings is 1. The van der Waals surface area contributed by atoms with Crippen molar-refractivity contribution in [1.82, 2.24) is 5.32 Å².